The lowest BCUT2D eigenvalue weighted by Crippen LogP contribution is -2.26. The molecule has 7 nitrogen and oxygen atoms in total. The summed E-state index contributed by atoms with van der Waals surface area (Å²) in [6.07, 6.45) is 0.582. The van der Waals surface area contributed by atoms with Crippen molar-refractivity contribution in [1.29, 1.82) is 0 Å². The summed E-state index contributed by atoms with van der Waals surface area (Å²) < 4.78 is 11.2. The lowest BCUT2D eigenvalue weighted by atomic mass is 9.90. The Morgan fingerprint density at radius 2 is 1.84 bits per heavy atom. The van der Waals surface area contributed by atoms with Crippen LogP contribution < -0.4 is 15.0 Å². The number of hydrogen-bond donors (Lipinski definition) is 1. The fourth-order valence-corrected chi connectivity index (χ4v) is 5.09. The second kappa shape index (κ2) is 10.1. The number of aromatic amines is 1. The summed E-state index contributed by atoms with van der Waals surface area (Å²) in [4.78, 5) is 29.6. The molecule has 1 unspecified atom stereocenters. The van der Waals surface area contributed by atoms with Gasteiger partial charge in [-0.05, 0) is 29.8 Å². The first kappa shape index (κ1) is 24.6. The van der Waals surface area contributed by atoms with E-state index in [2.05, 4.69) is 4.98 Å². The van der Waals surface area contributed by atoms with Gasteiger partial charge in [0.15, 0.2) is 11.5 Å². The normalized spacial score (nSPS) is 15.1. The van der Waals surface area contributed by atoms with Gasteiger partial charge >= 0.3 is 0 Å². The molecular weight excluding hydrogens is 490 g/mol. The number of carbonyl (C=O) groups is 1. The molecular formula is C29H26ClN3O4. The highest BCUT2D eigenvalue weighted by Crippen LogP contribution is 2.43. The van der Waals surface area contributed by atoms with Crippen LogP contribution in [0.1, 0.15) is 36.9 Å². The highest BCUT2D eigenvalue weighted by molar-refractivity contribution is 6.31. The van der Waals surface area contributed by atoms with Crippen molar-refractivity contribution in [3.8, 4) is 22.6 Å². The lowest BCUT2D eigenvalue weighted by Gasteiger charge is -2.24. The third-order valence-corrected chi connectivity index (χ3v) is 6.82. The van der Waals surface area contributed by atoms with Crippen LogP contribution in [0.2, 0.25) is 5.02 Å². The average Bonchev–Trinajstić information content (AvgIpc) is 3.36. The van der Waals surface area contributed by atoms with Crippen molar-refractivity contribution in [3.63, 3.8) is 0 Å². The van der Waals surface area contributed by atoms with E-state index in [4.69, 9.17) is 26.2 Å². The topological polar surface area (TPSA) is 84.0 Å². The number of fused-ring (bicyclic) bond motifs is 1. The minimum Gasteiger partial charge on any atom is -0.493 e. The van der Waals surface area contributed by atoms with Gasteiger partial charge in [0.25, 0.3) is 5.56 Å². The molecule has 8 heteroatoms. The molecule has 0 saturated carbocycles. The van der Waals surface area contributed by atoms with Crippen LogP contribution in [-0.4, -0.2) is 35.8 Å². The number of carbonyl (C=O) groups excluding carboxylic acids is 1. The molecule has 0 spiro atoms. The molecule has 3 aromatic carbocycles. The molecule has 1 aliphatic heterocycles. The minimum absolute atomic E-state index is 0.161. The van der Waals surface area contributed by atoms with Gasteiger partial charge in [0, 0.05) is 39.9 Å². The zero-order valence-corrected chi connectivity index (χ0v) is 21.5. The maximum atomic E-state index is 13.6. The zero-order valence-electron chi connectivity index (χ0n) is 20.7. The summed E-state index contributed by atoms with van der Waals surface area (Å²) in [6, 6.07) is 20.1. The highest BCUT2D eigenvalue weighted by Gasteiger charge is 2.37. The Labute approximate surface area is 219 Å². The minimum atomic E-state index is -0.467. The number of nitrogens with one attached hydrogen (secondary N) is 1. The van der Waals surface area contributed by atoms with Crippen LogP contribution in [0.25, 0.3) is 22.0 Å². The molecule has 1 aliphatic rings. The number of aromatic nitrogens is 1. The SMILES string of the molecule is CCC(=O)N1N=C(c2c(-c3ccccc3)c3cc(Cl)ccc3[nH]c2=O)CC1c1cccc(OC)c1OC. The fourth-order valence-electron chi connectivity index (χ4n) is 4.92. The van der Waals surface area contributed by atoms with Gasteiger partial charge in [-0.15, -0.1) is 0 Å². The van der Waals surface area contributed by atoms with Crippen LogP contribution in [0.5, 0.6) is 11.5 Å². The Morgan fingerprint density at radius 1 is 1.05 bits per heavy atom. The number of methoxy groups -OCH3 is 2. The Kier molecular flexibility index (Phi) is 6.72. The van der Waals surface area contributed by atoms with E-state index in [0.717, 1.165) is 22.1 Å². The summed E-state index contributed by atoms with van der Waals surface area (Å²) in [6.45, 7) is 1.79. The number of nitrogens with zero attached hydrogens (tertiary/aromatic N) is 2. The molecule has 2 heterocycles. The molecule has 4 aromatic rings. The largest absolute Gasteiger partial charge is 0.493 e. The van der Waals surface area contributed by atoms with Gasteiger partial charge in [-0.25, -0.2) is 5.01 Å². The average molecular weight is 516 g/mol. The maximum Gasteiger partial charge on any atom is 0.258 e. The molecule has 1 aromatic heterocycles. The standard InChI is InChI=1S/C29H26ClN3O4/c1-4-25(34)33-23(19-11-8-12-24(36-2)28(19)37-3)16-22(32-33)27-26(17-9-6-5-7-10-17)20-15-18(30)13-14-21(20)31-29(27)35/h5-15,23H,4,16H2,1-3H3,(H,31,35). The van der Waals surface area contributed by atoms with Crippen LogP contribution >= 0.6 is 11.6 Å². The first-order valence-electron chi connectivity index (χ1n) is 12.0. The molecule has 0 saturated heterocycles. The van der Waals surface area contributed by atoms with E-state index in [1.54, 1.807) is 39.3 Å². The number of rotatable bonds is 6. The van der Waals surface area contributed by atoms with Gasteiger partial charge in [-0.2, -0.15) is 5.10 Å². The second-order valence-corrected chi connectivity index (χ2v) is 9.14. The Balaban J connectivity index is 1.74. The first-order chi connectivity index (χ1) is 18.0. The number of amides is 1. The Hall–Kier alpha value is -4.10. The zero-order chi connectivity index (χ0) is 26.1. The van der Waals surface area contributed by atoms with Gasteiger partial charge < -0.3 is 14.5 Å². The molecule has 37 heavy (non-hydrogen) atoms. The van der Waals surface area contributed by atoms with Gasteiger partial charge in [0.2, 0.25) is 5.91 Å². The Bertz CT molecular complexity index is 1580. The molecule has 0 bridgehead atoms. The van der Waals surface area contributed by atoms with Crippen molar-refractivity contribution in [2.75, 3.05) is 14.2 Å². The number of benzene rings is 3. The third kappa shape index (κ3) is 4.36. The molecule has 1 N–H and O–H groups in total. The summed E-state index contributed by atoms with van der Waals surface area (Å²) >= 11 is 6.38. The van der Waals surface area contributed by atoms with E-state index in [1.807, 2.05) is 48.5 Å². The maximum absolute atomic E-state index is 13.6. The molecule has 0 aliphatic carbocycles. The smallest absolute Gasteiger partial charge is 0.258 e. The van der Waals surface area contributed by atoms with E-state index >= 15 is 0 Å². The number of para-hydroxylation sites is 1. The van der Waals surface area contributed by atoms with Crippen molar-refractivity contribution in [3.05, 3.63) is 93.2 Å². The van der Waals surface area contributed by atoms with Crippen molar-refractivity contribution < 1.29 is 14.3 Å². The quantitative estimate of drug-likeness (QED) is 0.344. The van der Waals surface area contributed by atoms with Crippen LogP contribution in [0.15, 0.2) is 76.6 Å². The number of hydrogen-bond acceptors (Lipinski definition) is 5. The molecule has 1 atom stereocenters. The van der Waals surface area contributed by atoms with Crippen LogP contribution in [0.3, 0.4) is 0 Å². The molecule has 0 fully saturated rings. The third-order valence-electron chi connectivity index (χ3n) is 6.59. The van der Waals surface area contributed by atoms with Crippen LogP contribution in [-0.2, 0) is 4.79 Å². The summed E-state index contributed by atoms with van der Waals surface area (Å²) in [5.41, 5.74) is 3.65. The lowest BCUT2D eigenvalue weighted by molar-refractivity contribution is -0.132. The molecule has 1 amide bonds. The number of halogens is 1. The van der Waals surface area contributed by atoms with Gasteiger partial charge in [0.1, 0.15) is 0 Å². The summed E-state index contributed by atoms with van der Waals surface area (Å²) in [5, 5.41) is 7.56. The molecule has 5 rings (SSSR count). The molecule has 0 radical (unpaired) electrons. The summed E-state index contributed by atoms with van der Waals surface area (Å²) in [7, 11) is 3.13. The summed E-state index contributed by atoms with van der Waals surface area (Å²) in [5.74, 6) is 0.926. The van der Waals surface area contributed by atoms with Crippen LogP contribution in [0.4, 0.5) is 0 Å². The Morgan fingerprint density at radius 3 is 2.54 bits per heavy atom. The number of pyridine rings is 1. The number of ether oxygens (including phenoxy) is 2. The predicted octanol–water partition coefficient (Wildman–Crippen LogP) is 5.95. The van der Waals surface area contributed by atoms with Gasteiger partial charge in [0.05, 0.1) is 31.5 Å². The van der Waals surface area contributed by atoms with Crippen molar-refractivity contribution in [2.24, 2.45) is 5.10 Å². The van der Waals surface area contributed by atoms with E-state index in [0.29, 0.717) is 39.7 Å². The van der Waals surface area contributed by atoms with Crippen molar-refractivity contribution >= 4 is 34.1 Å². The van der Waals surface area contributed by atoms with Crippen LogP contribution in [0, 0.1) is 0 Å². The highest BCUT2D eigenvalue weighted by atomic mass is 35.5. The van der Waals surface area contributed by atoms with E-state index in [9.17, 15) is 9.59 Å². The predicted molar refractivity (Wildman–Crippen MR) is 146 cm³/mol. The van der Waals surface area contributed by atoms with Crippen molar-refractivity contribution in [1.82, 2.24) is 9.99 Å². The van der Waals surface area contributed by atoms with E-state index in [1.165, 1.54) is 5.01 Å². The monoisotopic (exact) mass is 515 g/mol. The van der Waals surface area contributed by atoms with E-state index in [-0.39, 0.29) is 17.9 Å². The number of H-pyrrole nitrogens is 1. The number of hydrazone groups is 1. The first-order valence-corrected chi connectivity index (χ1v) is 12.4. The fraction of sp³-hybridized carbons (Fsp3) is 0.207. The van der Waals surface area contributed by atoms with E-state index < -0.39 is 6.04 Å². The molecule has 188 valence electrons. The van der Waals surface area contributed by atoms with Gasteiger partial charge in [-0.3, -0.25) is 9.59 Å². The second-order valence-electron chi connectivity index (χ2n) is 8.70. The van der Waals surface area contributed by atoms with Crippen molar-refractivity contribution in [2.45, 2.75) is 25.8 Å². The van der Waals surface area contributed by atoms with Gasteiger partial charge in [-0.1, -0.05) is 61.0 Å².